The van der Waals surface area contributed by atoms with Gasteiger partial charge in [-0.2, -0.15) is 5.26 Å². The molecule has 0 bridgehead atoms. The monoisotopic (exact) mass is 1110 g/mol. The van der Waals surface area contributed by atoms with Crippen molar-refractivity contribution in [2.45, 2.75) is 39.5 Å². The Kier molecular flexibility index (Phi) is 16.7. The Hall–Kier alpha value is -11.1. The summed E-state index contributed by atoms with van der Waals surface area (Å²) in [6.45, 7) is 13.0. The molecule has 414 valence electrons. The van der Waals surface area contributed by atoms with Crippen molar-refractivity contribution in [3.63, 3.8) is 0 Å². The number of fused-ring (bicyclic) bond motifs is 2. The summed E-state index contributed by atoms with van der Waals surface area (Å²) in [7, 11) is 2.86. The average molecular weight is 1110 g/mol. The van der Waals surface area contributed by atoms with Crippen LogP contribution in [0, 0.1) is 31.8 Å². The molecular formula is C63H50N8O12. The van der Waals surface area contributed by atoms with Gasteiger partial charge in [-0.15, -0.1) is 0 Å². The summed E-state index contributed by atoms with van der Waals surface area (Å²) >= 11 is 0. The van der Waals surface area contributed by atoms with E-state index in [2.05, 4.69) is 15.5 Å². The Morgan fingerprint density at radius 2 is 1.12 bits per heavy atom. The predicted molar refractivity (Wildman–Crippen MR) is 303 cm³/mol. The molecule has 6 aromatic carbocycles. The number of nitrogens with one attached hydrogen (secondary N) is 2. The third-order valence-electron chi connectivity index (χ3n) is 13.5. The van der Waals surface area contributed by atoms with Gasteiger partial charge in [-0.3, -0.25) is 48.2 Å². The number of hydrogen-bond acceptors (Lipinski definition) is 13. The van der Waals surface area contributed by atoms with Crippen molar-refractivity contribution in [3.05, 3.63) is 220 Å². The van der Waals surface area contributed by atoms with Crippen molar-refractivity contribution in [1.29, 1.82) is 5.26 Å². The number of amides is 6. The van der Waals surface area contributed by atoms with Gasteiger partial charge in [-0.05, 0) is 98.6 Å². The third-order valence-corrected chi connectivity index (χ3v) is 13.5. The van der Waals surface area contributed by atoms with Crippen molar-refractivity contribution >= 4 is 75.0 Å². The van der Waals surface area contributed by atoms with Crippen molar-refractivity contribution in [2.75, 3.05) is 31.5 Å². The van der Waals surface area contributed by atoms with Gasteiger partial charge in [0.2, 0.25) is 17.3 Å². The van der Waals surface area contributed by atoms with Crippen LogP contribution >= 0.6 is 0 Å². The second-order valence-electron chi connectivity index (χ2n) is 18.7. The van der Waals surface area contributed by atoms with E-state index in [1.165, 1.54) is 37.1 Å². The van der Waals surface area contributed by atoms with Crippen LogP contribution in [-0.4, -0.2) is 98.9 Å². The van der Waals surface area contributed by atoms with E-state index in [9.17, 15) is 38.8 Å². The summed E-state index contributed by atoms with van der Waals surface area (Å²) in [6, 6.07) is 39.3. The highest BCUT2D eigenvalue weighted by Gasteiger charge is 2.48. The average Bonchev–Trinajstić information content (AvgIpc) is 2.00. The normalized spacial score (nSPS) is 13.1. The lowest BCUT2D eigenvalue weighted by molar-refractivity contribution is -0.300. The number of benzene rings is 6. The molecule has 20 nitrogen and oxygen atoms in total. The number of methoxy groups -OCH3 is 2. The number of Topliss-reactive ketones (excluding diaryl/α,β-unsaturated/α-hetero) is 2. The fourth-order valence-corrected chi connectivity index (χ4v) is 9.78. The number of rotatable bonds is 18. The summed E-state index contributed by atoms with van der Waals surface area (Å²) in [5.41, 5.74) is 3.85. The summed E-state index contributed by atoms with van der Waals surface area (Å²) in [4.78, 5) is 125. The van der Waals surface area contributed by atoms with Gasteiger partial charge in [0.15, 0.2) is 12.1 Å². The van der Waals surface area contributed by atoms with Crippen molar-refractivity contribution in [3.8, 4) is 28.9 Å². The smallest absolute Gasteiger partial charge is 0.262 e. The highest BCUT2D eigenvalue weighted by Crippen LogP contribution is 2.36. The molecule has 0 saturated heterocycles. The minimum Gasteiger partial charge on any atom is -0.495 e. The quantitative estimate of drug-likeness (QED) is 0.0155. The van der Waals surface area contributed by atoms with Gasteiger partial charge in [-0.25, -0.2) is 14.6 Å². The maximum atomic E-state index is 15.1. The second kappa shape index (κ2) is 24.5. The number of imide groups is 2. The van der Waals surface area contributed by atoms with Gasteiger partial charge in [0, 0.05) is 40.7 Å². The molecule has 6 amide bonds. The summed E-state index contributed by atoms with van der Waals surface area (Å²) in [5, 5.41) is 15.8. The number of ether oxygens (including phenoxy) is 2. The minimum absolute atomic E-state index is 0.0695. The number of anilines is 2. The van der Waals surface area contributed by atoms with Gasteiger partial charge in [0.1, 0.15) is 18.1 Å². The van der Waals surface area contributed by atoms with Crippen LogP contribution in [0.5, 0.6) is 11.5 Å². The zero-order valence-electron chi connectivity index (χ0n) is 45.2. The molecule has 2 N–H and O–H groups in total. The number of ketones is 2. The maximum Gasteiger partial charge on any atom is 0.262 e. The first-order chi connectivity index (χ1) is 40.1. The van der Waals surface area contributed by atoms with Crippen LogP contribution in [0.25, 0.3) is 27.1 Å². The molecule has 2 aliphatic rings. The van der Waals surface area contributed by atoms with Crippen LogP contribution in [0.2, 0.25) is 0 Å². The Labute approximate surface area is 475 Å². The maximum absolute atomic E-state index is 15.1. The lowest BCUT2D eigenvalue weighted by Crippen LogP contribution is -2.52. The molecule has 0 saturated carbocycles. The van der Waals surface area contributed by atoms with Crippen LogP contribution in [-0.2, 0) is 35.6 Å². The number of nitriles is 1. The highest BCUT2D eigenvalue weighted by atomic mass is 17.2. The van der Waals surface area contributed by atoms with E-state index in [4.69, 9.17) is 25.8 Å². The Morgan fingerprint density at radius 1 is 0.627 bits per heavy atom. The molecule has 4 heterocycles. The molecule has 2 unspecified atom stereocenters. The zero-order chi connectivity index (χ0) is 59.1. The fourth-order valence-electron chi connectivity index (χ4n) is 9.78. The predicted octanol–water partition coefficient (Wildman–Crippen LogP) is 9.23. The lowest BCUT2D eigenvalue weighted by Gasteiger charge is -2.26. The van der Waals surface area contributed by atoms with Crippen molar-refractivity contribution < 1.29 is 57.6 Å². The second-order valence-corrected chi connectivity index (χ2v) is 18.7. The molecule has 0 radical (unpaired) electrons. The van der Waals surface area contributed by atoms with Gasteiger partial charge >= 0.3 is 0 Å². The van der Waals surface area contributed by atoms with E-state index in [1.54, 1.807) is 91.2 Å². The molecule has 0 fully saturated rings. The van der Waals surface area contributed by atoms with Gasteiger partial charge in [-0.1, -0.05) is 78.9 Å². The van der Waals surface area contributed by atoms with E-state index in [0.717, 1.165) is 28.2 Å². The first kappa shape index (κ1) is 56.7. The Bertz CT molecular complexity index is 4000. The van der Waals surface area contributed by atoms with E-state index in [0.29, 0.717) is 44.2 Å². The number of hydrogen-bond donors (Lipinski definition) is 2. The largest absolute Gasteiger partial charge is 0.495 e. The number of nitrogens with zero attached hydrogens (tertiary/aromatic N) is 6. The van der Waals surface area contributed by atoms with Crippen molar-refractivity contribution in [1.82, 2.24) is 18.9 Å². The van der Waals surface area contributed by atoms with Crippen molar-refractivity contribution in [2.24, 2.45) is 0 Å². The Morgan fingerprint density at radius 3 is 1.64 bits per heavy atom. The summed E-state index contributed by atoms with van der Waals surface area (Å²) in [6.07, 6.45) is 3.21. The van der Waals surface area contributed by atoms with Gasteiger partial charge in [0.05, 0.1) is 78.4 Å². The molecule has 0 spiro atoms. The zero-order valence-corrected chi connectivity index (χ0v) is 45.2. The lowest BCUT2D eigenvalue weighted by atomic mass is 10.0. The molecule has 2 aliphatic heterocycles. The molecule has 8 aromatic rings. The molecular weight excluding hydrogens is 1060 g/mol. The number of carbonyl (C=O) groups excluding carboxylic acids is 8. The summed E-state index contributed by atoms with van der Waals surface area (Å²) < 4.78 is 13.8. The molecule has 2 aromatic heterocycles. The minimum atomic E-state index is -1.97. The molecule has 20 heteroatoms. The topological polar surface area (TPSA) is 242 Å². The molecule has 2 atom stereocenters. The van der Waals surface area contributed by atoms with Crippen LogP contribution < -0.4 is 20.1 Å². The molecule has 83 heavy (non-hydrogen) atoms. The molecule has 0 aliphatic carbocycles. The van der Waals surface area contributed by atoms with E-state index >= 15 is 4.79 Å². The SMILES string of the molecule is CCOOCc1c(C(=O)C(C(=O)Nc2cc(C)ccc2OC)N2C(=O)c3ccccc3C2=O)n(-c2ccccc2)c2ccccc12.[C-]#[N+]c1cn(-c2ccccc2)c(C(=O)C(C(=O)Nc2cc(C)ccc2OC)N2C(=O)C=CC2=O)c1C#N. The van der Waals surface area contributed by atoms with Crippen LogP contribution in [0.4, 0.5) is 17.1 Å². The fraction of sp³-hybridized carbons (Fsp3) is 0.143. The highest BCUT2D eigenvalue weighted by molar-refractivity contribution is 6.29. The first-order valence-electron chi connectivity index (χ1n) is 25.7. The van der Waals surface area contributed by atoms with E-state index in [-0.39, 0.29) is 58.4 Å². The van der Waals surface area contributed by atoms with Gasteiger partial charge < -0.3 is 29.2 Å². The Balaban J connectivity index is 0.000000205. The molecule has 10 rings (SSSR count). The third kappa shape index (κ3) is 11.0. The number of carbonyl (C=O) groups is 8. The van der Waals surface area contributed by atoms with E-state index in [1.807, 2.05) is 73.7 Å². The number of aryl methyl sites for hydroxylation is 2. The van der Waals surface area contributed by atoms with Gasteiger partial charge in [0.25, 0.3) is 35.4 Å². The summed E-state index contributed by atoms with van der Waals surface area (Å²) in [5.74, 6) is -6.26. The van der Waals surface area contributed by atoms with Crippen LogP contribution in [0.15, 0.2) is 164 Å². The van der Waals surface area contributed by atoms with Crippen LogP contribution in [0.3, 0.4) is 0 Å². The van der Waals surface area contributed by atoms with Crippen LogP contribution in [0.1, 0.15) is 70.9 Å². The number of aromatic nitrogens is 2. The first-order valence-corrected chi connectivity index (χ1v) is 25.7. The van der Waals surface area contributed by atoms with E-state index < -0.39 is 59.1 Å². The number of para-hydroxylation sites is 3. The standard InChI is InChI=1S/C36H31N3O7.C27H19N5O5/c1-4-45-46-21-27-24-14-10-11-17-29(24)38(23-12-6-5-7-13-23)31(27)33(40)32(34(41)37-28-20-22(2)18-19-30(28)44-3)39-35(42)25-15-8-9-16-26(25)36(39)43;1-16-9-10-21(37-3)19(13-16)30-27(36)25(32-22(33)11-12-23(32)34)26(35)24-18(14-28)20(29-2)15-31(24)17-7-5-4-6-8-17/h5-20,32H,4,21H2,1-3H3,(H,37,41);4-13,15,25H,1,3H3,(H,30,36).